The van der Waals surface area contributed by atoms with Crippen molar-refractivity contribution in [3.05, 3.63) is 71.2 Å². The molecule has 3 nitrogen and oxygen atoms in total. The third kappa shape index (κ3) is 2.81. The summed E-state index contributed by atoms with van der Waals surface area (Å²) in [5.41, 5.74) is 1.34. The molecule has 0 bridgehead atoms. The molecule has 3 aromatic rings. The number of aromatic amines is 1. The first-order chi connectivity index (χ1) is 10.5. The Morgan fingerprint density at radius 3 is 2.59 bits per heavy atom. The zero-order valence-electron chi connectivity index (χ0n) is 11.3. The van der Waals surface area contributed by atoms with Gasteiger partial charge in [-0.2, -0.15) is 0 Å². The van der Waals surface area contributed by atoms with E-state index in [1.807, 2.05) is 0 Å². The molecule has 3 rings (SSSR count). The van der Waals surface area contributed by atoms with Gasteiger partial charge in [-0.05, 0) is 42.0 Å². The fourth-order valence-electron chi connectivity index (χ4n) is 2.15. The first-order valence-electron chi connectivity index (χ1n) is 6.53. The molecule has 1 heterocycles. The third-order valence-corrected chi connectivity index (χ3v) is 3.26. The highest BCUT2D eigenvalue weighted by atomic mass is 19.2. The number of halogens is 3. The van der Waals surface area contributed by atoms with Gasteiger partial charge in [-0.3, -0.25) is 4.79 Å². The third-order valence-electron chi connectivity index (χ3n) is 3.26. The molecule has 1 aromatic heterocycles. The summed E-state index contributed by atoms with van der Waals surface area (Å²) < 4.78 is 39.0. The summed E-state index contributed by atoms with van der Waals surface area (Å²) in [6, 6.07) is 9.09. The topological polar surface area (TPSA) is 44.9 Å². The van der Waals surface area contributed by atoms with Crippen molar-refractivity contribution in [2.45, 2.75) is 6.54 Å². The quantitative estimate of drug-likeness (QED) is 0.764. The summed E-state index contributed by atoms with van der Waals surface area (Å²) in [6.45, 7) is 0.0553. The van der Waals surface area contributed by atoms with E-state index in [2.05, 4.69) is 10.3 Å². The minimum Gasteiger partial charge on any atom is -0.351 e. The molecular formula is C16H11F3N2O. The molecular weight excluding hydrogens is 293 g/mol. The van der Waals surface area contributed by atoms with Gasteiger partial charge in [0, 0.05) is 17.4 Å². The van der Waals surface area contributed by atoms with E-state index >= 15 is 0 Å². The zero-order valence-corrected chi connectivity index (χ0v) is 11.3. The van der Waals surface area contributed by atoms with Crippen LogP contribution in [-0.4, -0.2) is 10.9 Å². The molecule has 1 amide bonds. The van der Waals surface area contributed by atoms with Crippen LogP contribution in [0.25, 0.3) is 10.9 Å². The largest absolute Gasteiger partial charge is 0.351 e. The molecule has 0 radical (unpaired) electrons. The van der Waals surface area contributed by atoms with Gasteiger partial charge in [0.15, 0.2) is 11.6 Å². The smallest absolute Gasteiger partial charge is 0.267 e. The number of carbonyl (C=O) groups is 1. The van der Waals surface area contributed by atoms with Crippen LogP contribution in [0, 0.1) is 17.5 Å². The highest BCUT2D eigenvalue weighted by Crippen LogP contribution is 2.16. The maximum Gasteiger partial charge on any atom is 0.267 e. The molecule has 2 aromatic carbocycles. The predicted molar refractivity (Wildman–Crippen MR) is 75.8 cm³/mol. The van der Waals surface area contributed by atoms with Crippen molar-refractivity contribution in [1.29, 1.82) is 0 Å². The number of carbonyl (C=O) groups excluding carboxylic acids is 1. The molecule has 0 atom stereocenters. The molecule has 0 saturated carbocycles. The number of rotatable bonds is 3. The van der Waals surface area contributed by atoms with E-state index in [0.29, 0.717) is 16.5 Å². The Morgan fingerprint density at radius 2 is 1.82 bits per heavy atom. The van der Waals surface area contributed by atoms with Crippen molar-refractivity contribution in [2.24, 2.45) is 0 Å². The van der Waals surface area contributed by atoms with Crippen molar-refractivity contribution in [1.82, 2.24) is 10.3 Å². The van der Waals surface area contributed by atoms with Gasteiger partial charge < -0.3 is 10.3 Å². The van der Waals surface area contributed by atoms with E-state index in [0.717, 1.165) is 12.1 Å². The van der Waals surface area contributed by atoms with E-state index in [4.69, 9.17) is 0 Å². The summed E-state index contributed by atoms with van der Waals surface area (Å²) in [7, 11) is 0. The van der Waals surface area contributed by atoms with E-state index in [1.54, 1.807) is 0 Å². The van der Waals surface area contributed by atoms with Crippen LogP contribution < -0.4 is 5.32 Å². The number of nitrogens with one attached hydrogen (secondary N) is 2. The lowest BCUT2D eigenvalue weighted by Gasteiger charge is -2.04. The predicted octanol–water partition coefficient (Wildman–Crippen LogP) is 3.52. The number of H-pyrrole nitrogens is 1. The molecule has 0 aliphatic heterocycles. The van der Waals surface area contributed by atoms with Crippen LogP contribution in [0.1, 0.15) is 16.1 Å². The first kappa shape index (κ1) is 14.2. The SMILES string of the molecule is O=C(NCc1ccc(F)c(F)c1)c1cc2cc(F)ccc2[nH]1. The molecule has 0 fully saturated rings. The molecule has 2 N–H and O–H groups in total. The fourth-order valence-corrected chi connectivity index (χ4v) is 2.15. The molecule has 0 saturated heterocycles. The van der Waals surface area contributed by atoms with Gasteiger partial charge in [0.25, 0.3) is 5.91 Å². The Labute approximate surface area is 123 Å². The number of amides is 1. The van der Waals surface area contributed by atoms with E-state index in [-0.39, 0.29) is 18.1 Å². The number of aromatic nitrogens is 1. The number of fused-ring (bicyclic) bond motifs is 1. The maximum absolute atomic E-state index is 13.1. The normalized spacial score (nSPS) is 10.9. The van der Waals surface area contributed by atoms with E-state index < -0.39 is 17.5 Å². The van der Waals surface area contributed by atoms with Crippen molar-refractivity contribution < 1.29 is 18.0 Å². The Balaban J connectivity index is 1.74. The summed E-state index contributed by atoms with van der Waals surface area (Å²) in [5, 5.41) is 3.17. The Kier molecular flexibility index (Phi) is 3.58. The lowest BCUT2D eigenvalue weighted by molar-refractivity contribution is 0.0946. The molecule has 0 spiro atoms. The number of benzene rings is 2. The van der Waals surface area contributed by atoms with Crippen molar-refractivity contribution in [2.75, 3.05) is 0 Å². The fraction of sp³-hybridized carbons (Fsp3) is 0.0625. The maximum atomic E-state index is 13.1. The highest BCUT2D eigenvalue weighted by molar-refractivity contribution is 5.97. The standard InChI is InChI=1S/C16H11F3N2O/c17-11-2-4-14-10(6-11)7-15(21-14)16(22)20-8-9-1-3-12(18)13(19)5-9/h1-7,21H,8H2,(H,20,22). The second kappa shape index (κ2) is 5.55. The van der Waals surface area contributed by atoms with Gasteiger partial charge in [-0.25, -0.2) is 13.2 Å². The summed E-state index contributed by atoms with van der Waals surface area (Å²) >= 11 is 0. The second-order valence-electron chi connectivity index (χ2n) is 4.85. The van der Waals surface area contributed by atoms with Gasteiger partial charge >= 0.3 is 0 Å². The summed E-state index contributed by atoms with van der Waals surface area (Å²) in [5.74, 6) is -2.71. The van der Waals surface area contributed by atoms with Gasteiger partial charge in [-0.15, -0.1) is 0 Å². The summed E-state index contributed by atoms with van der Waals surface area (Å²) in [6.07, 6.45) is 0. The van der Waals surface area contributed by atoms with Crippen molar-refractivity contribution in [3.8, 4) is 0 Å². The zero-order chi connectivity index (χ0) is 15.7. The minimum atomic E-state index is -0.965. The van der Waals surface area contributed by atoms with Crippen LogP contribution in [-0.2, 0) is 6.54 Å². The Bertz CT molecular complexity index is 858. The average molecular weight is 304 g/mol. The molecule has 0 aliphatic rings. The van der Waals surface area contributed by atoms with Crippen molar-refractivity contribution in [3.63, 3.8) is 0 Å². The van der Waals surface area contributed by atoms with Gasteiger partial charge in [0.1, 0.15) is 11.5 Å². The molecule has 112 valence electrons. The van der Waals surface area contributed by atoms with E-state index in [1.165, 1.54) is 30.3 Å². The van der Waals surface area contributed by atoms with Gasteiger partial charge in [0.05, 0.1) is 0 Å². The first-order valence-corrected chi connectivity index (χ1v) is 6.53. The van der Waals surface area contributed by atoms with Crippen molar-refractivity contribution >= 4 is 16.8 Å². The monoisotopic (exact) mass is 304 g/mol. The molecule has 0 aliphatic carbocycles. The Morgan fingerprint density at radius 1 is 1.00 bits per heavy atom. The van der Waals surface area contributed by atoms with Gasteiger partial charge in [0.2, 0.25) is 0 Å². The lowest BCUT2D eigenvalue weighted by atomic mass is 10.2. The number of hydrogen-bond acceptors (Lipinski definition) is 1. The van der Waals surface area contributed by atoms with Gasteiger partial charge in [-0.1, -0.05) is 6.07 Å². The van der Waals surface area contributed by atoms with E-state index in [9.17, 15) is 18.0 Å². The van der Waals surface area contributed by atoms with Crippen LogP contribution in [0.15, 0.2) is 42.5 Å². The summed E-state index contributed by atoms with van der Waals surface area (Å²) in [4.78, 5) is 14.9. The molecule has 0 unspecified atom stereocenters. The number of hydrogen-bond donors (Lipinski definition) is 2. The van der Waals surface area contributed by atoms with Crippen LogP contribution in [0.3, 0.4) is 0 Å². The van der Waals surface area contributed by atoms with Crippen LogP contribution in [0.4, 0.5) is 13.2 Å². The van der Waals surface area contributed by atoms with Crippen LogP contribution >= 0.6 is 0 Å². The molecule has 22 heavy (non-hydrogen) atoms. The Hall–Kier alpha value is -2.76. The van der Waals surface area contributed by atoms with Crippen LogP contribution in [0.2, 0.25) is 0 Å². The highest BCUT2D eigenvalue weighted by Gasteiger charge is 2.10. The second-order valence-corrected chi connectivity index (χ2v) is 4.85. The average Bonchev–Trinajstić information content (AvgIpc) is 2.91. The van der Waals surface area contributed by atoms with Crippen LogP contribution in [0.5, 0.6) is 0 Å². The molecule has 6 heteroatoms. The lowest BCUT2D eigenvalue weighted by Crippen LogP contribution is -2.23. The minimum absolute atomic E-state index is 0.0553.